The molecule has 1 fully saturated rings. The summed E-state index contributed by atoms with van der Waals surface area (Å²) in [5, 5.41) is 15.1. The summed E-state index contributed by atoms with van der Waals surface area (Å²) in [7, 11) is 0. The third kappa shape index (κ3) is 5.18. The molecule has 0 radical (unpaired) electrons. The second kappa shape index (κ2) is 9.57. The molecular weight excluding hydrogens is 394 g/mol. The Kier molecular flexibility index (Phi) is 6.42. The van der Waals surface area contributed by atoms with Crippen LogP contribution in [0.4, 0.5) is 10.5 Å². The number of ether oxygens (including phenoxy) is 1. The number of benzene rings is 2. The first kappa shape index (κ1) is 20.8. The zero-order valence-corrected chi connectivity index (χ0v) is 17.9. The number of hydrogen-bond acceptors (Lipinski definition) is 6. The first-order valence-corrected chi connectivity index (χ1v) is 10.5. The summed E-state index contributed by atoms with van der Waals surface area (Å²) in [5.74, 6) is 1.58. The molecule has 2 heterocycles. The normalized spacial score (nSPS) is 14.5. The number of amides is 2. The lowest BCUT2D eigenvalue weighted by atomic mass is 10.2. The van der Waals surface area contributed by atoms with Gasteiger partial charge in [0.2, 0.25) is 0 Å². The van der Waals surface area contributed by atoms with Gasteiger partial charge < -0.3 is 15.0 Å². The van der Waals surface area contributed by atoms with Crippen molar-refractivity contribution in [3.05, 3.63) is 59.9 Å². The SMILES string of the molecule is CCOc1ccc(NC(=O)N2CCN(Cc3nnnn3-c3ccc(C)cc3)CC2)cc1. The van der Waals surface area contributed by atoms with E-state index in [0.29, 0.717) is 26.2 Å². The number of carbonyl (C=O) groups excluding carboxylic acids is 1. The summed E-state index contributed by atoms with van der Waals surface area (Å²) in [6.07, 6.45) is 0. The number of tetrazole rings is 1. The van der Waals surface area contributed by atoms with Crippen molar-refractivity contribution in [3.8, 4) is 11.4 Å². The molecule has 4 rings (SSSR count). The van der Waals surface area contributed by atoms with Crippen LogP contribution in [0, 0.1) is 6.92 Å². The van der Waals surface area contributed by atoms with Crippen LogP contribution in [0.1, 0.15) is 18.3 Å². The second-order valence-electron chi connectivity index (χ2n) is 7.49. The number of carbonyl (C=O) groups is 1. The smallest absolute Gasteiger partial charge is 0.321 e. The van der Waals surface area contributed by atoms with Gasteiger partial charge in [-0.2, -0.15) is 4.68 Å². The van der Waals surface area contributed by atoms with Crippen LogP contribution in [0.2, 0.25) is 0 Å². The van der Waals surface area contributed by atoms with Crippen molar-refractivity contribution in [1.29, 1.82) is 0 Å². The summed E-state index contributed by atoms with van der Waals surface area (Å²) in [4.78, 5) is 16.7. The van der Waals surface area contributed by atoms with Gasteiger partial charge in [-0.25, -0.2) is 4.79 Å². The second-order valence-corrected chi connectivity index (χ2v) is 7.49. The van der Waals surface area contributed by atoms with Crippen LogP contribution in [0.15, 0.2) is 48.5 Å². The molecule has 0 spiro atoms. The van der Waals surface area contributed by atoms with E-state index >= 15 is 0 Å². The Hall–Kier alpha value is -3.46. The first-order chi connectivity index (χ1) is 15.1. The summed E-state index contributed by atoms with van der Waals surface area (Å²) in [5.41, 5.74) is 2.89. The zero-order chi connectivity index (χ0) is 21.6. The Morgan fingerprint density at radius 1 is 1.03 bits per heavy atom. The Morgan fingerprint density at radius 2 is 1.74 bits per heavy atom. The lowest BCUT2D eigenvalue weighted by Gasteiger charge is -2.34. The van der Waals surface area contributed by atoms with Gasteiger partial charge in [0.05, 0.1) is 18.8 Å². The monoisotopic (exact) mass is 421 g/mol. The quantitative estimate of drug-likeness (QED) is 0.658. The number of nitrogens with zero attached hydrogens (tertiary/aromatic N) is 6. The number of piperazine rings is 1. The Balaban J connectivity index is 1.30. The van der Waals surface area contributed by atoms with Crippen molar-refractivity contribution in [2.75, 3.05) is 38.1 Å². The minimum Gasteiger partial charge on any atom is -0.494 e. The van der Waals surface area contributed by atoms with Gasteiger partial charge in [0, 0.05) is 31.9 Å². The molecule has 0 saturated carbocycles. The minimum absolute atomic E-state index is 0.0895. The number of aryl methyl sites for hydroxylation is 1. The molecule has 0 atom stereocenters. The van der Waals surface area contributed by atoms with Crippen LogP contribution < -0.4 is 10.1 Å². The molecule has 1 N–H and O–H groups in total. The van der Waals surface area contributed by atoms with E-state index in [-0.39, 0.29) is 6.03 Å². The summed E-state index contributed by atoms with van der Waals surface area (Å²) >= 11 is 0. The number of aromatic nitrogens is 4. The van der Waals surface area contributed by atoms with E-state index in [9.17, 15) is 4.79 Å². The van der Waals surface area contributed by atoms with E-state index in [1.807, 2.05) is 60.4 Å². The summed E-state index contributed by atoms with van der Waals surface area (Å²) < 4.78 is 7.20. The maximum absolute atomic E-state index is 12.6. The van der Waals surface area contributed by atoms with Gasteiger partial charge in [-0.05, 0) is 60.7 Å². The van der Waals surface area contributed by atoms with Crippen molar-refractivity contribution in [3.63, 3.8) is 0 Å². The lowest BCUT2D eigenvalue weighted by Crippen LogP contribution is -2.49. The van der Waals surface area contributed by atoms with Crippen molar-refractivity contribution in [1.82, 2.24) is 30.0 Å². The highest BCUT2D eigenvalue weighted by molar-refractivity contribution is 5.89. The van der Waals surface area contributed by atoms with Gasteiger partial charge in [0.25, 0.3) is 0 Å². The molecule has 9 heteroatoms. The summed E-state index contributed by atoms with van der Waals surface area (Å²) in [6, 6.07) is 15.4. The van der Waals surface area contributed by atoms with Crippen molar-refractivity contribution < 1.29 is 9.53 Å². The topological polar surface area (TPSA) is 88.4 Å². The van der Waals surface area contributed by atoms with Gasteiger partial charge in [0.1, 0.15) is 5.75 Å². The van der Waals surface area contributed by atoms with Crippen LogP contribution in [0.3, 0.4) is 0 Å². The third-order valence-electron chi connectivity index (χ3n) is 5.25. The lowest BCUT2D eigenvalue weighted by molar-refractivity contribution is 0.140. The van der Waals surface area contributed by atoms with Gasteiger partial charge in [-0.1, -0.05) is 17.7 Å². The highest BCUT2D eigenvalue weighted by Gasteiger charge is 2.23. The molecule has 1 aliphatic rings. The number of rotatable bonds is 6. The number of anilines is 1. The van der Waals surface area contributed by atoms with Crippen LogP contribution >= 0.6 is 0 Å². The molecule has 2 aromatic carbocycles. The van der Waals surface area contributed by atoms with Crippen molar-refractivity contribution >= 4 is 11.7 Å². The molecule has 1 saturated heterocycles. The van der Waals surface area contributed by atoms with E-state index in [4.69, 9.17) is 4.74 Å². The average molecular weight is 422 g/mol. The van der Waals surface area contributed by atoms with Gasteiger partial charge in [-0.15, -0.1) is 5.10 Å². The van der Waals surface area contributed by atoms with Crippen LogP contribution in [0.25, 0.3) is 5.69 Å². The molecule has 3 aromatic rings. The molecule has 2 amide bonds. The fraction of sp³-hybridized carbons (Fsp3) is 0.364. The highest BCUT2D eigenvalue weighted by atomic mass is 16.5. The van der Waals surface area contributed by atoms with Crippen molar-refractivity contribution in [2.45, 2.75) is 20.4 Å². The molecule has 0 aliphatic carbocycles. The van der Waals surface area contributed by atoms with Crippen LogP contribution in [-0.2, 0) is 6.54 Å². The molecule has 162 valence electrons. The standard InChI is InChI=1S/C22H27N7O2/c1-3-31-20-10-6-18(7-11-20)23-22(30)28-14-12-27(13-15-28)16-21-24-25-26-29(21)19-8-4-17(2)5-9-19/h4-11H,3,12-16H2,1-2H3,(H,23,30). The molecular formula is C22H27N7O2. The zero-order valence-electron chi connectivity index (χ0n) is 17.9. The van der Waals surface area contributed by atoms with E-state index in [0.717, 1.165) is 36.0 Å². The molecule has 0 unspecified atom stereocenters. The number of nitrogens with one attached hydrogen (secondary N) is 1. The first-order valence-electron chi connectivity index (χ1n) is 10.5. The predicted molar refractivity (Wildman–Crippen MR) is 117 cm³/mol. The van der Waals surface area contributed by atoms with Gasteiger partial charge >= 0.3 is 6.03 Å². The van der Waals surface area contributed by atoms with Crippen LogP contribution in [0.5, 0.6) is 5.75 Å². The molecule has 9 nitrogen and oxygen atoms in total. The predicted octanol–water partition coefficient (Wildman–Crippen LogP) is 2.72. The van der Waals surface area contributed by atoms with Gasteiger partial charge in [-0.3, -0.25) is 4.90 Å². The van der Waals surface area contributed by atoms with E-state index < -0.39 is 0 Å². The maximum Gasteiger partial charge on any atom is 0.321 e. The van der Waals surface area contributed by atoms with E-state index in [1.165, 1.54) is 5.56 Å². The average Bonchev–Trinajstić information content (AvgIpc) is 3.24. The highest BCUT2D eigenvalue weighted by Crippen LogP contribution is 2.17. The Morgan fingerprint density at radius 3 is 2.42 bits per heavy atom. The van der Waals surface area contributed by atoms with E-state index in [1.54, 1.807) is 4.68 Å². The minimum atomic E-state index is -0.0895. The molecule has 31 heavy (non-hydrogen) atoms. The Labute approximate surface area is 181 Å². The Bertz CT molecular complexity index is 993. The summed E-state index contributed by atoms with van der Waals surface area (Å²) in [6.45, 7) is 8.06. The van der Waals surface area contributed by atoms with Crippen molar-refractivity contribution in [2.24, 2.45) is 0 Å². The third-order valence-corrected chi connectivity index (χ3v) is 5.25. The molecule has 1 aliphatic heterocycles. The fourth-order valence-electron chi connectivity index (χ4n) is 3.50. The van der Waals surface area contributed by atoms with Gasteiger partial charge in [0.15, 0.2) is 5.82 Å². The molecule has 0 bridgehead atoms. The maximum atomic E-state index is 12.6. The largest absolute Gasteiger partial charge is 0.494 e. The molecule has 1 aromatic heterocycles. The fourth-order valence-corrected chi connectivity index (χ4v) is 3.50. The van der Waals surface area contributed by atoms with Crippen LogP contribution in [-0.4, -0.2) is 68.8 Å². The number of hydrogen-bond donors (Lipinski definition) is 1. The van der Waals surface area contributed by atoms with E-state index in [2.05, 4.69) is 32.7 Å². The number of urea groups is 1.